The minimum Gasteiger partial charge on any atom is -0.492 e. The molecule has 6 fully saturated rings. The monoisotopic (exact) mass is 928 g/mol. The SMILES string of the molecule is C=C[C@@H]1C[C@]1(NC(=O)[C@@H]1C[C@@H]2CN1C(=O)[C@H](C1CCCC1)NC(=O)O[C@@H]1CCC[C@H]1CCC=CCc1c(nc3ccccc3c1OCCCN1CCCCC1)O2)C(=O)NS(=O)(=O)C1(C)CC1. The first-order chi connectivity index (χ1) is 31.9. The van der Waals surface area contributed by atoms with Crippen molar-refractivity contribution in [1.29, 1.82) is 0 Å². The van der Waals surface area contributed by atoms with Crippen LogP contribution in [0.2, 0.25) is 0 Å². The molecule has 3 aliphatic heterocycles. The maximum absolute atomic E-state index is 15.1. The lowest BCUT2D eigenvalue weighted by molar-refractivity contribution is -0.142. The molecule has 0 unspecified atom stereocenters. The van der Waals surface area contributed by atoms with E-state index in [4.69, 9.17) is 19.2 Å². The zero-order valence-electron chi connectivity index (χ0n) is 38.5. The van der Waals surface area contributed by atoms with Crippen LogP contribution in [0.1, 0.15) is 122 Å². The summed E-state index contributed by atoms with van der Waals surface area (Å²) in [5.41, 5.74) is -0.0976. The number of pyridine rings is 1. The van der Waals surface area contributed by atoms with E-state index in [-0.39, 0.29) is 37.3 Å². The van der Waals surface area contributed by atoms with Gasteiger partial charge in [0, 0.05) is 24.3 Å². The first-order valence-electron chi connectivity index (χ1n) is 24.8. The van der Waals surface area contributed by atoms with Gasteiger partial charge in [-0.15, -0.1) is 6.58 Å². The third kappa shape index (κ3) is 9.82. The molecule has 358 valence electrons. The van der Waals surface area contributed by atoms with E-state index in [1.165, 1.54) is 24.2 Å². The van der Waals surface area contributed by atoms with Crippen molar-refractivity contribution in [3.63, 3.8) is 0 Å². The molecule has 4 amide bonds. The number of alkyl carbamates (subject to hydrolysis) is 1. The Balaban J connectivity index is 1.05. The lowest BCUT2D eigenvalue weighted by Gasteiger charge is -2.32. The number of likely N-dealkylation sites (tertiary alicyclic amines) is 1. The summed E-state index contributed by atoms with van der Waals surface area (Å²) < 4.78 is 47.5. The number of sulfonamides is 1. The summed E-state index contributed by atoms with van der Waals surface area (Å²) >= 11 is 0. The Hall–Kier alpha value is -4.70. The minimum atomic E-state index is -4.01. The molecule has 2 bridgehead atoms. The number of carbonyl (C=O) groups is 4. The number of carbonyl (C=O) groups excluding carboxylic acids is 4. The van der Waals surface area contributed by atoms with E-state index in [1.54, 1.807) is 13.0 Å². The lowest BCUT2D eigenvalue weighted by atomic mass is 9.96. The molecule has 1 aromatic heterocycles. The van der Waals surface area contributed by atoms with Crippen LogP contribution in [0, 0.1) is 17.8 Å². The van der Waals surface area contributed by atoms with Gasteiger partial charge in [-0.05, 0) is 134 Å². The predicted molar refractivity (Wildman–Crippen MR) is 249 cm³/mol. The third-order valence-electron chi connectivity index (χ3n) is 15.7. The normalized spacial score (nSPS) is 30.5. The Morgan fingerprint density at radius 2 is 1.76 bits per heavy atom. The second kappa shape index (κ2) is 19.5. The van der Waals surface area contributed by atoms with E-state index in [2.05, 4.69) is 39.0 Å². The first-order valence-corrected chi connectivity index (χ1v) is 26.2. The molecule has 2 aromatic rings. The molecule has 7 aliphatic rings. The van der Waals surface area contributed by atoms with Gasteiger partial charge in [0.25, 0.3) is 5.91 Å². The Bertz CT molecular complexity index is 2310. The summed E-state index contributed by atoms with van der Waals surface area (Å²) in [5.74, 6) is -1.33. The van der Waals surface area contributed by atoms with Crippen LogP contribution in [-0.2, 0) is 35.6 Å². The highest BCUT2D eigenvalue weighted by Gasteiger charge is 2.63. The molecule has 4 saturated carbocycles. The van der Waals surface area contributed by atoms with Crippen LogP contribution in [0.15, 0.2) is 49.1 Å². The molecule has 0 spiro atoms. The zero-order chi connectivity index (χ0) is 46.1. The standard InChI is InChI=1S/C50H68N6O9S/c1-3-35-31-50(35,47(59)54-66(61,62)49(2)24-25-49)53-44(57)40-30-36-32-56(40)46(58)42(34-17-8-9-18-34)52-48(60)65-41-23-14-19-33(41)16-6-4-7-21-38-43(63-29-15-28-55-26-12-5-13-27-55)37-20-10-11-22-39(37)51-45(38)64-36/h3-4,7,10-11,20,22,33-36,40-42H,1,5-6,8-9,12-19,21,23-32H2,2H3,(H,52,60)(H,53,57)(H,54,59)/t33-,35-,36-,40+,41-,42+,50-/m1/s1. The number of fused-ring (bicyclic) bond motifs is 5. The van der Waals surface area contributed by atoms with Crippen LogP contribution in [0.4, 0.5) is 4.79 Å². The van der Waals surface area contributed by atoms with Gasteiger partial charge in [-0.2, -0.15) is 0 Å². The average molecular weight is 929 g/mol. The van der Waals surface area contributed by atoms with E-state index < -0.39 is 68.2 Å². The van der Waals surface area contributed by atoms with Gasteiger partial charge >= 0.3 is 6.09 Å². The predicted octanol–water partition coefficient (Wildman–Crippen LogP) is 6.24. The number of hydrogen-bond donors (Lipinski definition) is 3. The number of hydrogen-bond acceptors (Lipinski definition) is 11. The molecule has 9 rings (SSSR count). The number of para-hydroxylation sites is 1. The Kier molecular flexibility index (Phi) is 13.7. The number of rotatable bonds is 12. The number of nitrogens with one attached hydrogen (secondary N) is 3. The summed E-state index contributed by atoms with van der Waals surface area (Å²) in [6, 6.07) is 5.75. The van der Waals surface area contributed by atoms with Crippen LogP contribution in [0.25, 0.3) is 10.9 Å². The molecular weight excluding hydrogens is 861 g/mol. The summed E-state index contributed by atoms with van der Waals surface area (Å²) in [7, 11) is -4.01. The quantitative estimate of drug-likeness (QED) is 0.162. The molecule has 2 saturated heterocycles. The second-order valence-corrected chi connectivity index (χ2v) is 22.5. The van der Waals surface area contributed by atoms with E-state index in [1.807, 2.05) is 24.3 Å². The van der Waals surface area contributed by atoms with Crippen LogP contribution in [0.5, 0.6) is 11.6 Å². The largest absolute Gasteiger partial charge is 0.492 e. The van der Waals surface area contributed by atoms with Gasteiger partial charge in [0.2, 0.25) is 27.7 Å². The van der Waals surface area contributed by atoms with Crippen LogP contribution < -0.4 is 24.8 Å². The number of amides is 4. The number of piperidine rings is 1. The molecule has 4 heterocycles. The van der Waals surface area contributed by atoms with Crippen molar-refractivity contribution < 1.29 is 41.8 Å². The fraction of sp³-hybridized carbons (Fsp3) is 0.660. The van der Waals surface area contributed by atoms with E-state index in [0.29, 0.717) is 43.0 Å². The van der Waals surface area contributed by atoms with Gasteiger partial charge < -0.3 is 34.6 Å². The van der Waals surface area contributed by atoms with Crippen molar-refractivity contribution in [1.82, 2.24) is 30.1 Å². The maximum Gasteiger partial charge on any atom is 0.408 e. The molecule has 7 atom stereocenters. The number of ether oxygens (including phenoxy) is 3. The van der Waals surface area contributed by atoms with E-state index >= 15 is 4.79 Å². The Labute approximate surface area is 389 Å². The van der Waals surface area contributed by atoms with Crippen LogP contribution in [-0.4, -0.2) is 114 Å². The molecule has 15 nitrogen and oxygen atoms in total. The highest BCUT2D eigenvalue weighted by atomic mass is 32.2. The number of allylic oxidation sites excluding steroid dienone is 2. The van der Waals surface area contributed by atoms with Gasteiger partial charge in [-0.25, -0.2) is 18.2 Å². The minimum absolute atomic E-state index is 0.00576. The smallest absolute Gasteiger partial charge is 0.408 e. The third-order valence-corrected chi connectivity index (χ3v) is 17.8. The Morgan fingerprint density at radius 1 is 0.985 bits per heavy atom. The zero-order valence-corrected chi connectivity index (χ0v) is 39.3. The highest BCUT2D eigenvalue weighted by molar-refractivity contribution is 7.91. The molecule has 4 aliphatic carbocycles. The van der Waals surface area contributed by atoms with Crippen molar-refractivity contribution in [2.45, 2.75) is 157 Å². The van der Waals surface area contributed by atoms with Crippen LogP contribution in [0.3, 0.4) is 0 Å². The van der Waals surface area contributed by atoms with Gasteiger partial charge in [-0.1, -0.05) is 49.6 Å². The number of aromatic nitrogens is 1. The molecule has 16 heteroatoms. The van der Waals surface area contributed by atoms with Crippen LogP contribution >= 0.6 is 0 Å². The number of benzene rings is 1. The van der Waals surface area contributed by atoms with Crippen molar-refractivity contribution in [3.05, 3.63) is 54.6 Å². The summed E-state index contributed by atoms with van der Waals surface area (Å²) in [5, 5.41) is 6.77. The van der Waals surface area contributed by atoms with Crippen molar-refractivity contribution in [2.75, 3.05) is 32.8 Å². The topological polar surface area (TPSA) is 186 Å². The highest BCUT2D eigenvalue weighted by Crippen LogP contribution is 2.47. The fourth-order valence-electron chi connectivity index (χ4n) is 11.2. The van der Waals surface area contributed by atoms with Gasteiger partial charge in [-0.3, -0.25) is 19.1 Å². The van der Waals surface area contributed by atoms with Gasteiger partial charge in [0.15, 0.2) is 0 Å². The summed E-state index contributed by atoms with van der Waals surface area (Å²) in [6.45, 7) is 9.13. The van der Waals surface area contributed by atoms with E-state index in [9.17, 15) is 22.8 Å². The fourth-order valence-corrected chi connectivity index (χ4v) is 12.5. The molecule has 0 radical (unpaired) electrons. The van der Waals surface area contributed by atoms with Gasteiger partial charge in [0.1, 0.15) is 35.6 Å². The lowest BCUT2D eigenvalue weighted by Crippen LogP contribution is -2.59. The second-order valence-electron chi connectivity index (χ2n) is 20.3. The first kappa shape index (κ1) is 46.4. The average Bonchev–Trinajstić information content (AvgIpc) is 3.93. The van der Waals surface area contributed by atoms with Crippen molar-refractivity contribution in [3.8, 4) is 11.6 Å². The van der Waals surface area contributed by atoms with Crippen molar-refractivity contribution in [2.24, 2.45) is 17.8 Å². The number of nitrogens with zero attached hydrogens (tertiary/aromatic N) is 3. The van der Waals surface area contributed by atoms with Gasteiger partial charge in [0.05, 0.1) is 29.0 Å². The Morgan fingerprint density at radius 3 is 2.52 bits per heavy atom. The maximum atomic E-state index is 15.1. The van der Waals surface area contributed by atoms with E-state index in [0.717, 1.165) is 94.8 Å². The van der Waals surface area contributed by atoms with Crippen molar-refractivity contribution >= 4 is 44.7 Å². The summed E-state index contributed by atoms with van der Waals surface area (Å²) in [6.07, 6.45) is 17.9. The molecule has 3 N–H and O–H groups in total. The molecule has 1 aromatic carbocycles. The molecular formula is C50H68N6O9S. The summed E-state index contributed by atoms with van der Waals surface area (Å²) in [4.78, 5) is 66.7. The molecule has 66 heavy (non-hydrogen) atoms.